The Kier molecular flexibility index (Phi) is 2.71. The molecule has 2 fully saturated rings. The molecule has 0 unspecified atom stereocenters. The SMILES string of the molecule is C[C@@H]1C[C@@H]2[C@H](N)C[C@H](C(F)(F)F)C[C@H]2O1. The number of nitrogens with two attached hydrogens (primary N) is 1. The molecule has 2 rings (SSSR count). The van der Waals surface area contributed by atoms with Gasteiger partial charge in [-0.15, -0.1) is 0 Å². The molecular weight excluding hydrogens is 207 g/mol. The number of ether oxygens (including phenoxy) is 1. The van der Waals surface area contributed by atoms with Gasteiger partial charge >= 0.3 is 6.18 Å². The second kappa shape index (κ2) is 3.63. The fourth-order valence-electron chi connectivity index (χ4n) is 2.82. The Morgan fingerprint density at radius 3 is 2.47 bits per heavy atom. The van der Waals surface area contributed by atoms with E-state index in [1.54, 1.807) is 0 Å². The molecule has 0 aromatic heterocycles. The van der Waals surface area contributed by atoms with Crippen LogP contribution in [0.25, 0.3) is 0 Å². The first-order chi connectivity index (χ1) is 6.88. The van der Waals surface area contributed by atoms with Crippen LogP contribution in [0.4, 0.5) is 13.2 Å². The first-order valence-corrected chi connectivity index (χ1v) is 5.35. The van der Waals surface area contributed by atoms with Crippen LogP contribution in [-0.4, -0.2) is 24.4 Å². The van der Waals surface area contributed by atoms with Crippen molar-refractivity contribution in [3.05, 3.63) is 0 Å². The van der Waals surface area contributed by atoms with Gasteiger partial charge in [0.05, 0.1) is 18.1 Å². The quantitative estimate of drug-likeness (QED) is 0.682. The molecule has 0 spiro atoms. The fourth-order valence-corrected chi connectivity index (χ4v) is 2.82. The lowest BCUT2D eigenvalue weighted by molar-refractivity contribution is -0.194. The van der Waals surface area contributed by atoms with Crippen LogP contribution in [0.2, 0.25) is 0 Å². The van der Waals surface area contributed by atoms with Crippen molar-refractivity contribution in [1.82, 2.24) is 0 Å². The summed E-state index contributed by atoms with van der Waals surface area (Å²) in [6, 6.07) is -0.361. The lowest BCUT2D eigenvalue weighted by Gasteiger charge is -2.36. The number of fused-ring (bicyclic) bond motifs is 1. The first-order valence-electron chi connectivity index (χ1n) is 5.35. The van der Waals surface area contributed by atoms with Gasteiger partial charge in [-0.25, -0.2) is 0 Å². The van der Waals surface area contributed by atoms with Crippen molar-refractivity contribution in [3.63, 3.8) is 0 Å². The Hall–Kier alpha value is -0.290. The number of hydrogen-bond donors (Lipinski definition) is 1. The molecule has 0 bridgehead atoms. The zero-order chi connectivity index (χ0) is 11.2. The van der Waals surface area contributed by atoms with Crippen molar-refractivity contribution >= 4 is 0 Å². The molecule has 15 heavy (non-hydrogen) atoms. The van der Waals surface area contributed by atoms with Crippen LogP contribution >= 0.6 is 0 Å². The van der Waals surface area contributed by atoms with E-state index in [0.29, 0.717) is 0 Å². The third-order valence-electron chi connectivity index (χ3n) is 3.58. The molecule has 0 aromatic rings. The predicted molar refractivity (Wildman–Crippen MR) is 49.2 cm³/mol. The average Bonchev–Trinajstić information content (AvgIpc) is 2.44. The van der Waals surface area contributed by atoms with E-state index in [1.165, 1.54) is 0 Å². The predicted octanol–water partition coefficient (Wildman–Crippen LogP) is 2.08. The Bertz CT molecular complexity index is 243. The minimum atomic E-state index is -4.13. The molecule has 5 heteroatoms. The minimum absolute atomic E-state index is 0.0537. The third kappa shape index (κ3) is 2.13. The van der Waals surface area contributed by atoms with Gasteiger partial charge in [0.15, 0.2) is 0 Å². The fraction of sp³-hybridized carbons (Fsp3) is 1.00. The Morgan fingerprint density at radius 2 is 1.87 bits per heavy atom. The van der Waals surface area contributed by atoms with Crippen molar-refractivity contribution in [1.29, 1.82) is 0 Å². The summed E-state index contributed by atoms with van der Waals surface area (Å²) in [5.41, 5.74) is 5.79. The van der Waals surface area contributed by atoms with Gasteiger partial charge in [0, 0.05) is 12.0 Å². The van der Waals surface area contributed by atoms with Crippen molar-refractivity contribution in [3.8, 4) is 0 Å². The van der Waals surface area contributed by atoms with Crippen LogP contribution in [0.1, 0.15) is 26.2 Å². The van der Waals surface area contributed by atoms with Crippen LogP contribution in [0.5, 0.6) is 0 Å². The molecule has 1 saturated heterocycles. The van der Waals surface area contributed by atoms with Crippen LogP contribution in [0.3, 0.4) is 0 Å². The highest BCUT2D eigenvalue weighted by molar-refractivity contribution is 4.95. The third-order valence-corrected chi connectivity index (χ3v) is 3.58. The maximum absolute atomic E-state index is 12.6. The van der Waals surface area contributed by atoms with E-state index in [4.69, 9.17) is 10.5 Å². The van der Waals surface area contributed by atoms with E-state index in [0.717, 1.165) is 6.42 Å². The second-order valence-electron chi connectivity index (χ2n) is 4.76. The van der Waals surface area contributed by atoms with Crippen molar-refractivity contribution in [2.75, 3.05) is 0 Å². The standard InChI is InChI=1S/C10H16F3NO/c1-5-2-7-8(14)3-6(10(11,12)13)4-9(7)15-5/h5-9H,2-4,14H2,1H3/t5-,6+,7-,8-,9-/m1/s1. The molecule has 2 nitrogen and oxygen atoms in total. The molecule has 0 aromatic carbocycles. The van der Waals surface area contributed by atoms with E-state index in [-0.39, 0.29) is 37.0 Å². The zero-order valence-electron chi connectivity index (χ0n) is 8.63. The smallest absolute Gasteiger partial charge is 0.375 e. The van der Waals surface area contributed by atoms with Crippen LogP contribution in [0, 0.1) is 11.8 Å². The molecule has 1 aliphatic carbocycles. The molecule has 1 heterocycles. The maximum Gasteiger partial charge on any atom is 0.391 e. The van der Waals surface area contributed by atoms with E-state index >= 15 is 0 Å². The zero-order valence-corrected chi connectivity index (χ0v) is 8.63. The normalized spacial score (nSPS) is 46.6. The summed E-state index contributed by atoms with van der Waals surface area (Å²) < 4.78 is 43.2. The van der Waals surface area contributed by atoms with E-state index in [9.17, 15) is 13.2 Å². The minimum Gasteiger partial charge on any atom is -0.375 e. The Morgan fingerprint density at radius 1 is 1.20 bits per heavy atom. The summed E-state index contributed by atoms with van der Waals surface area (Å²) in [6.07, 6.45) is -3.41. The van der Waals surface area contributed by atoms with Gasteiger partial charge in [-0.1, -0.05) is 0 Å². The molecule has 5 atom stereocenters. The highest BCUT2D eigenvalue weighted by atomic mass is 19.4. The highest BCUT2D eigenvalue weighted by Crippen LogP contribution is 2.44. The van der Waals surface area contributed by atoms with Gasteiger partial charge in [0.25, 0.3) is 0 Å². The summed E-state index contributed by atoms with van der Waals surface area (Å²) >= 11 is 0. The molecular formula is C10H16F3NO. The van der Waals surface area contributed by atoms with E-state index < -0.39 is 12.1 Å². The Balaban J connectivity index is 2.07. The lowest BCUT2D eigenvalue weighted by Crippen LogP contribution is -2.46. The molecule has 2 aliphatic rings. The molecule has 2 N–H and O–H groups in total. The number of alkyl halides is 3. The van der Waals surface area contributed by atoms with Crippen molar-refractivity contribution < 1.29 is 17.9 Å². The monoisotopic (exact) mass is 223 g/mol. The number of halogens is 3. The first kappa shape index (κ1) is 11.2. The van der Waals surface area contributed by atoms with Gasteiger partial charge < -0.3 is 10.5 Å². The summed E-state index contributed by atoms with van der Waals surface area (Å²) in [6.45, 7) is 1.90. The summed E-state index contributed by atoms with van der Waals surface area (Å²) in [5, 5.41) is 0. The highest BCUT2D eigenvalue weighted by Gasteiger charge is 2.50. The van der Waals surface area contributed by atoms with Crippen molar-refractivity contribution in [2.45, 2.75) is 50.6 Å². The molecule has 0 radical (unpaired) electrons. The van der Waals surface area contributed by atoms with Crippen LogP contribution in [-0.2, 0) is 4.74 Å². The van der Waals surface area contributed by atoms with Gasteiger partial charge in [0.1, 0.15) is 0 Å². The summed E-state index contributed by atoms with van der Waals surface area (Å²) in [7, 11) is 0. The van der Waals surface area contributed by atoms with Gasteiger partial charge in [-0.2, -0.15) is 13.2 Å². The van der Waals surface area contributed by atoms with Crippen molar-refractivity contribution in [2.24, 2.45) is 17.6 Å². The van der Waals surface area contributed by atoms with E-state index in [1.807, 2.05) is 6.92 Å². The Labute approximate surface area is 87.0 Å². The lowest BCUT2D eigenvalue weighted by atomic mass is 9.76. The summed E-state index contributed by atoms with van der Waals surface area (Å²) in [4.78, 5) is 0. The van der Waals surface area contributed by atoms with Crippen LogP contribution < -0.4 is 5.73 Å². The maximum atomic E-state index is 12.6. The second-order valence-corrected chi connectivity index (χ2v) is 4.76. The van der Waals surface area contributed by atoms with E-state index in [2.05, 4.69) is 0 Å². The van der Waals surface area contributed by atoms with Gasteiger partial charge in [-0.3, -0.25) is 0 Å². The molecule has 1 saturated carbocycles. The van der Waals surface area contributed by atoms with Gasteiger partial charge in [-0.05, 0) is 26.2 Å². The summed E-state index contributed by atoms with van der Waals surface area (Å²) in [5.74, 6) is -1.15. The van der Waals surface area contributed by atoms with Crippen LogP contribution in [0.15, 0.2) is 0 Å². The molecule has 1 aliphatic heterocycles. The number of rotatable bonds is 0. The largest absolute Gasteiger partial charge is 0.391 e. The average molecular weight is 223 g/mol. The molecule has 88 valence electrons. The number of hydrogen-bond acceptors (Lipinski definition) is 2. The topological polar surface area (TPSA) is 35.2 Å². The molecule has 0 amide bonds. The van der Waals surface area contributed by atoms with Gasteiger partial charge in [0.2, 0.25) is 0 Å².